The molecule has 2 aliphatic carbocycles. The van der Waals surface area contributed by atoms with E-state index in [0.29, 0.717) is 70.7 Å². The van der Waals surface area contributed by atoms with Crippen LogP contribution in [0.3, 0.4) is 0 Å². The zero-order valence-electron chi connectivity index (χ0n) is 41.2. The van der Waals surface area contributed by atoms with Crippen molar-refractivity contribution < 1.29 is 61.7 Å². The molecular formula is C54H62Cl2F2N8O11. The summed E-state index contributed by atoms with van der Waals surface area (Å²) in [6.07, 6.45) is 3.24. The highest BCUT2D eigenvalue weighted by Crippen LogP contribution is 2.48. The third-order valence-electron chi connectivity index (χ3n) is 14.3. The van der Waals surface area contributed by atoms with Gasteiger partial charge in [-0.25, -0.2) is 37.8 Å². The number of ether oxygens (including phenoxy) is 2. The van der Waals surface area contributed by atoms with Gasteiger partial charge in [0, 0.05) is 67.6 Å². The van der Waals surface area contributed by atoms with Crippen molar-refractivity contribution in [1.29, 1.82) is 0 Å². The second kappa shape index (κ2) is 23.9. The number of imide groups is 2. The summed E-state index contributed by atoms with van der Waals surface area (Å²) in [5, 5.41) is 22.7. The number of nitrogens with zero attached hydrogens (tertiary/aromatic N) is 3. The van der Waals surface area contributed by atoms with E-state index < -0.39 is 66.0 Å². The molecule has 0 bridgehead atoms. The Morgan fingerprint density at radius 3 is 1.61 bits per heavy atom. The third-order valence-corrected chi connectivity index (χ3v) is 14.9. The molecule has 4 aromatic rings. The Morgan fingerprint density at radius 1 is 0.675 bits per heavy atom. The second-order valence-corrected chi connectivity index (χ2v) is 19.8. The molecule has 19 nitrogen and oxygen atoms in total. The average molecular weight is 1110 g/mol. The largest absolute Gasteiger partial charge is 0.480 e. The summed E-state index contributed by atoms with van der Waals surface area (Å²) >= 11 is 11.7. The molecule has 23 heteroatoms. The van der Waals surface area contributed by atoms with Gasteiger partial charge >= 0.3 is 30.2 Å². The molecule has 2 spiro atoms. The molecule has 0 aromatic heterocycles. The molecule has 0 radical (unpaired) electrons. The van der Waals surface area contributed by atoms with E-state index in [2.05, 4.69) is 33.5 Å². The molecule has 4 heterocycles. The number of carboxylic acids is 1. The second-order valence-electron chi connectivity index (χ2n) is 19.0. The number of carbonyl (C=O) groups is 8. The number of carbonyl (C=O) groups excluding carboxylic acids is 7. The Hall–Kier alpha value is -7.36. The minimum absolute atomic E-state index is 0. The fourth-order valence-corrected chi connectivity index (χ4v) is 10.9. The van der Waals surface area contributed by atoms with Crippen molar-refractivity contribution in [3.05, 3.63) is 128 Å². The maximum atomic E-state index is 13.7. The van der Waals surface area contributed by atoms with Crippen LogP contribution in [0.1, 0.15) is 113 Å². The van der Waals surface area contributed by atoms with Crippen LogP contribution in [0.25, 0.3) is 0 Å². The van der Waals surface area contributed by atoms with Gasteiger partial charge in [-0.3, -0.25) is 19.2 Å². The van der Waals surface area contributed by atoms with E-state index in [1.807, 2.05) is 6.92 Å². The number of likely N-dealkylation sites (tertiary alicyclic amines) is 1. The highest BCUT2D eigenvalue weighted by Gasteiger charge is 2.60. The van der Waals surface area contributed by atoms with Crippen LogP contribution in [-0.2, 0) is 52.7 Å². The molecule has 77 heavy (non-hydrogen) atoms. The number of rotatable bonds is 8. The Labute approximate surface area is 454 Å². The van der Waals surface area contributed by atoms with E-state index in [1.165, 1.54) is 38.7 Å². The Morgan fingerprint density at radius 2 is 1.16 bits per heavy atom. The van der Waals surface area contributed by atoms with Crippen LogP contribution in [0.15, 0.2) is 72.8 Å². The van der Waals surface area contributed by atoms with Crippen molar-refractivity contribution in [3.63, 3.8) is 0 Å². The van der Waals surface area contributed by atoms with Gasteiger partial charge in [-0.15, -0.1) is 0 Å². The van der Waals surface area contributed by atoms with E-state index in [-0.39, 0.29) is 67.7 Å². The molecular weight excluding hydrogens is 1050 g/mol. The van der Waals surface area contributed by atoms with Crippen LogP contribution in [-0.4, -0.2) is 107 Å². The maximum absolute atomic E-state index is 13.7. The summed E-state index contributed by atoms with van der Waals surface area (Å²) < 4.78 is 37.5. The molecule has 4 aliphatic heterocycles. The van der Waals surface area contributed by atoms with Gasteiger partial charge in [0.15, 0.2) is 0 Å². The van der Waals surface area contributed by atoms with Gasteiger partial charge in [-0.2, -0.15) is 0 Å². The highest BCUT2D eigenvalue weighted by atomic mass is 35.5. The predicted octanol–water partition coefficient (Wildman–Crippen LogP) is 9.31. The van der Waals surface area contributed by atoms with Crippen molar-refractivity contribution in [3.8, 4) is 0 Å². The number of hydrogen-bond acceptors (Lipinski definition) is 11. The number of carboxylic acid groups (broad SMARTS) is 1. The number of aryl methyl sites for hydroxylation is 2. The number of fused-ring (bicyclic) bond motifs is 4. The van der Waals surface area contributed by atoms with Crippen LogP contribution in [0, 0.1) is 11.6 Å². The first-order valence-corrected chi connectivity index (χ1v) is 25.0. The fourth-order valence-electron chi connectivity index (χ4n) is 10.6. The summed E-state index contributed by atoms with van der Waals surface area (Å²) in [7, 11) is 3.00. The zero-order chi connectivity index (χ0) is 54.1. The standard InChI is InChI=1S/C26H26ClFN4O5.C15H15N3O6.C11H13ClFN.2CH4/c1-14-3-8-21(16-4-7-20(28)19(27)12-16)32(14)22(33)13-31-23(34)26(37-25(31)36)10-9-15-11-17(5-6-18(15)26)30-24(35)29-2;1-16-13(22)17-9-2-3-10-8(6-9)4-5-15(10)12(21)18(7-11(19)20)14(23)24-15;1-7-2-5-11(14-7)8-3-4-10(13)9(12)6-8;;/h4-7,11-12,14,21H,3,8-10,13H2,1-2H3,(H2,29,30,35);2-3,6H,4-5,7H2,1H3,(H,19,20)(H2,16,17,22);3-4,6-7,11,14H,2,5H2,1H3;2*1H4/t14?,21?,26-;15-;;;/m11.../s1. The van der Waals surface area contributed by atoms with Gasteiger partial charge in [-0.05, 0) is 123 Å². The molecule has 0 saturated carbocycles. The quantitative estimate of drug-likeness (QED) is 0.0967. The minimum Gasteiger partial charge on any atom is -0.480 e. The van der Waals surface area contributed by atoms with Gasteiger partial charge < -0.3 is 46.1 Å². The molecule has 6 atom stereocenters. The minimum atomic E-state index is -1.49. The summed E-state index contributed by atoms with van der Waals surface area (Å²) in [5.41, 5.74) is 2.55. The normalized spacial score (nSPS) is 23.4. The number of benzene rings is 4. The molecule has 6 aliphatic rings. The molecule has 412 valence electrons. The van der Waals surface area contributed by atoms with Crippen LogP contribution in [0.5, 0.6) is 0 Å². The first kappa shape index (κ1) is 58.9. The number of urea groups is 2. The van der Waals surface area contributed by atoms with Crippen LogP contribution < -0.4 is 26.6 Å². The molecule has 4 unspecified atom stereocenters. The topological polar surface area (TPSA) is 245 Å². The Bertz CT molecular complexity index is 3010. The fraction of sp³-hybridized carbons (Fsp3) is 0.407. The summed E-state index contributed by atoms with van der Waals surface area (Å²) in [6, 6.07) is 18.9. The SMILES string of the molecule is C.C.CC1CCC(c2ccc(F)c(Cl)c2)N1.CNC(=O)Nc1ccc2c(c1)CC[C@@]21OC(=O)N(CC(=O)N2C(C)CCC2c2ccc(F)c(Cl)c2)C1=O.CNC(=O)Nc1ccc2c(c1)CC[C@@]21OC(=O)N(CC(=O)O)C1=O. The van der Waals surface area contributed by atoms with Crippen molar-refractivity contribution in [2.24, 2.45) is 0 Å². The lowest BCUT2D eigenvalue weighted by molar-refractivity contribution is -0.144. The first-order valence-electron chi connectivity index (χ1n) is 24.2. The number of aliphatic carboxylic acids is 1. The molecule has 4 saturated heterocycles. The molecule has 4 aromatic carbocycles. The molecule has 6 N–H and O–H groups in total. The Kier molecular flexibility index (Phi) is 18.3. The van der Waals surface area contributed by atoms with E-state index >= 15 is 0 Å². The van der Waals surface area contributed by atoms with Crippen molar-refractivity contribution in [1.82, 2.24) is 30.7 Å². The van der Waals surface area contributed by atoms with Gasteiger partial charge in [0.2, 0.25) is 17.1 Å². The number of nitrogens with one attached hydrogen (secondary N) is 5. The number of anilines is 2. The number of hydrogen-bond donors (Lipinski definition) is 6. The van der Waals surface area contributed by atoms with Gasteiger partial charge in [0.25, 0.3) is 11.8 Å². The van der Waals surface area contributed by atoms with E-state index in [9.17, 15) is 47.1 Å². The zero-order valence-corrected chi connectivity index (χ0v) is 42.7. The monoisotopic (exact) mass is 1110 g/mol. The predicted molar refractivity (Wildman–Crippen MR) is 282 cm³/mol. The van der Waals surface area contributed by atoms with Gasteiger partial charge in [0.05, 0.1) is 16.1 Å². The lowest BCUT2D eigenvalue weighted by Gasteiger charge is -2.30. The number of halogens is 4. The van der Waals surface area contributed by atoms with Gasteiger partial charge in [-0.1, -0.05) is 62.3 Å². The molecule has 9 amide bonds. The lowest BCUT2D eigenvalue weighted by Crippen LogP contribution is -2.46. The maximum Gasteiger partial charge on any atom is 0.418 e. The van der Waals surface area contributed by atoms with E-state index in [4.69, 9.17) is 37.8 Å². The average Bonchev–Trinajstić information content (AvgIpc) is 4.33. The number of amides is 9. The van der Waals surface area contributed by atoms with E-state index in [1.54, 1.807) is 59.5 Å². The molecule has 10 rings (SSSR count). The van der Waals surface area contributed by atoms with Crippen LogP contribution in [0.4, 0.5) is 39.3 Å². The third kappa shape index (κ3) is 11.8. The van der Waals surface area contributed by atoms with Gasteiger partial charge in [0.1, 0.15) is 24.7 Å². The van der Waals surface area contributed by atoms with E-state index in [0.717, 1.165) is 28.0 Å². The van der Waals surface area contributed by atoms with Crippen LogP contribution >= 0.6 is 23.2 Å². The summed E-state index contributed by atoms with van der Waals surface area (Å²) in [5.74, 6) is -3.83. The van der Waals surface area contributed by atoms with Crippen LogP contribution in [0.2, 0.25) is 10.0 Å². The first-order chi connectivity index (χ1) is 35.7. The summed E-state index contributed by atoms with van der Waals surface area (Å²) in [4.78, 5) is 101. The summed E-state index contributed by atoms with van der Waals surface area (Å²) in [6.45, 7) is 2.86. The van der Waals surface area contributed by atoms with Crippen molar-refractivity contribution in [2.75, 3.05) is 37.8 Å². The highest BCUT2D eigenvalue weighted by molar-refractivity contribution is 6.31. The molecule has 4 fully saturated rings. The van der Waals surface area contributed by atoms with Crippen molar-refractivity contribution >= 4 is 82.5 Å². The van der Waals surface area contributed by atoms with Crippen molar-refractivity contribution in [2.45, 2.75) is 115 Å². The lowest BCUT2D eigenvalue weighted by atomic mass is 9.94. The smallest absolute Gasteiger partial charge is 0.418 e. The Balaban J connectivity index is 0.000000205.